The lowest BCUT2D eigenvalue weighted by Crippen LogP contribution is -2.21. The molecule has 10 heteroatoms. The number of pyridine rings is 1. The normalized spacial score (nSPS) is 11.5. The Balaban J connectivity index is 3.36. The molecule has 0 aromatic carbocycles. The zero-order valence-electron chi connectivity index (χ0n) is 11.5. The van der Waals surface area contributed by atoms with E-state index in [-0.39, 0.29) is 6.61 Å². The number of carbonyl (C=O) groups is 1. The highest BCUT2D eigenvalue weighted by atomic mass is 19.4. The second-order valence-corrected chi connectivity index (χ2v) is 3.85. The number of carbonyl (C=O) groups excluding carboxylic acids is 1. The monoisotopic (exact) mass is 329 g/mol. The summed E-state index contributed by atoms with van der Waals surface area (Å²) in [4.78, 5) is 14.9. The third kappa shape index (κ3) is 4.71. The molecule has 0 bridgehead atoms. The predicted molar refractivity (Wildman–Crippen MR) is 62.8 cm³/mol. The van der Waals surface area contributed by atoms with Crippen LogP contribution in [0.25, 0.3) is 0 Å². The van der Waals surface area contributed by atoms with Gasteiger partial charge in [-0.2, -0.15) is 0 Å². The van der Waals surface area contributed by atoms with Crippen molar-refractivity contribution in [2.24, 2.45) is 0 Å². The van der Waals surface area contributed by atoms with Crippen LogP contribution in [0.1, 0.15) is 24.6 Å². The van der Waals surface area contributed by atoms with Gasteiger partial charge in [0.1, 0.15) is 11.3 Å². The molecule has 22 heavy (non-hydrogen) atoms. The average Bonchev–Trinajstić information content (AvgIpc) is 2.38. The molecule has 0 fully saturated rings. The van der Waals surface area contributed by atoms with Crippen molar-refractivity contribution in [2.75, 3.05) is 13.7 Å². The van der Waals surface area contributed by atoms with Crippen LogP contribution in [-0.4, -0.2) is 31.0 Å². The Hall–Kier alpha value is -2.13. The Bertz CT molecular complexity index is 533. The molecule has 0 amide bonds. The standard InChI is InChI=1S/C12H12F5NO4/c1-3-21-8(19)4-6-10(22-12(15,16)17)9(11(13)14)7(20-2)5-18-6/h5,11H,3-4H2,1-2H3. The van der Waals surface area contributed by atoms with Crippen LogP contribution in [0.2, 0.25) is 0 Å². The van der Waals surface area contributed by atoms with E-state index < -0.39 is 47.9 Å². The van der Waals surface area contributed by atoms with Crippen molar-refractivity contribution in [3.63, 3.8) is 0 Å². The fourth-order valence-electron chi connectivity index (χ4n) is 1.61. The largest absolute Gasteiger partial charge is 0.573 e. The summed E-state index contributed by atoms with van der Waals surface area (Å²) in [6, 6.07) is 0. The number of hydrogen-bond acceptors (Lipinski definition) is 5. The lowest BCUT2D eigenvalue weighted by atomic mass is 10.1. The van der Waals surface area contributed by atoms with Crippen LogP contribution in [0.3, 0.4) is 0 Å². The summed E-state index contributed by atoms with van der Waals surface area (Å²) in [5.74, 6) is -2.76. The lowest BCUT2D eigenvalue weighted by Gasteiger charge is -2.18. The first-order chi connectivity index (χ1) is 10.2. The van der Waals surface area contributed by atoms with E-state index in [0.717, 1.165) is 13.3 Å². The van der Waals surface area contributed by atoms with Crippen LogP contribution >= 0.6 is 0 Å². The molecule has 0 unspecified atom stereocenters. The lowest BCUT2D eigenvalue weighted by molar-refractivity contribution is -0.275. The molecule has 0 saturated carbocycles. The van der Waals surface area contributed by atoms with E-state index in [9.17, 15) is 26.7 Å². The molecule has 0 aliphatic heterocycles. The minimum Gasteiger partial charge on any atom is -0.494 e. The maximum atomic E-state index is 13.0. The maximum absolute atomic E-state index is 13.0. The zero-order valence-corrected chi connectivity index (χ0v) is 11.5. The van der Waals surface area contributed by atoms with Crippen LogP contribution in [0.15, 0.2) is 6.20 Å². The molecule has 0 spiro atoms. The third-order valence-corrected chi connectivity index (χ3v) is 2.38. The van der Waals surface area contributed by atoms with Gasteiger partial charge >= 0.3 is 12.3 Å². The van der Waals surface area contributed by atoms with E-state index in [1.54, 1.807) is 0 Å². The molecule has 0 N–H and O–H groups in total. The van der Waals surface area contributed by atoms with E-state index in [1.807, 2.05) is 0 Å². The van der Waals surface area contributed by atoms with E-state index in [4.69, 9.17) is 0 Å². The highest BCUT2D eigenvalue weighted by Crippen LogP contribution is 2.40. The number of esters is 1. The first-order valence-electron chi connectivity index (χ1n) is 5.94. The molecule has 0 saturated heterocycles. The van der Waals surface area contributed by atoms with Gasteiger partial charge in [0.15, 0.2) is 5.75 Å². The van der Waals surface area contributed by atoms with Gasteiger partial charge in [0.2, 0.25) is 0 Å². The van der Waals surface area contributed by atoms with E-state index in [0.29, 0.717) is 0 Å². The first kappa shape index (κ1) is 17.9. The van der Waals surface area contributed by atoms with Gasteiger partial charge in [-0.05, 0) is 6.92 Å². The molecule has 1 aromatic rings. The van der Waals surface area contributed by atoms with Gasteiger partial charge in [0.05, 0.1) is 32.0 Å². The smallest absolute Gasteiger partial charge is 0.494 e. The number of rotatable bonds is 6. The predicted octanol–water partition coefficient (Wildman–Crippen LogP) is 3.03. The van der Waals surface area contributed by atoms with Gasteiger partial charge in [0, 0.05) is 0 Å². The minimum absolute atomic E-state index is 0.0217. The summed E-state index contributed by atoms with van der Waals surface area (Å²) in [7, 11) is 0.991. The number of nitrogens with zero attached hydrogens (tertiary/aromatic N) is 1. The number of methoxy groups -OCH3 is 1. The summed E-state index contributed by atoms with van der Waals surface area (Å²) >= 11 is 0. The molecule has 1 rings (SSSR count). The Morgan fingerprint density at radius 2 is 2.00 bits per heavy atom. The van der Waals surface area contributed by atoms with Crippen molar-refractivity contribution in [2.45, 2.75) is 26.1 Å². The minimum atomic E-state index is -5.24. The second-order valence-electron chi connectivity index (χ2n) is 3.85. The highest BCUT2D eigenvalue weighted by molar-refractivity contribution is 5.73. The van der Waals surface area contributed by atoms with Crippen LogP contribution in [0, 0.1) is 0 Å². The zero-order chi connectivity index (χ0) is 16.9. The Morgan fingerprint density at radius 1 is 1.36 bits per heavy atom. The Kier molecular flexibility index (Phi) is 5.89. The van der Waals surface area contributed by atoms with Gasteiger partial charge in [0.25, 0.3) is 6.43 Å². The van der Waals surface area contributed by atoms with Crippen molar-refractivity contribution < 1.29 is 41.0 Å². The van der Waals surface area contributed by atoms with Crippen LogP contribution in [0.5, 0.6) is 11.5 Å². The van der Waals surface area contributed by atoms with Crippen molar-refractivity contribution in [1.29, 1.82) is 0 Å². The molecule has 0 radical (unpaired) electrons. The van der Waals surface area contributed by atoms with Crippen molar-refractivity contribution in [3.05, 3.63) is 17.5 Å². The molecule has 124 valence electrons. The van der Waals surface area contributed by atoms with Gasteiger partial charge < -0.3 is 14.2 Å². The first-order valence-corrected chi connectivity index (χ1v) is 5.94. The van der Waals surface area contributed by atoms with Gasteiger partial charge in [-0.25, -0.2) is 8.78 Å². The molecule has 0 atom stereocenters. The topological polar surface area (TPSA) is 57.7 Å². The molecule has 1 aromatic heterocycles. The molecular weight excluding hydrogens is 317 g/mol. The summed E-state index contributed by atoms with van der Waals surface area (Å²) < 4.78 is 76.1. The average molecular weight is 329 g/mol. The number of ether oxygens (including phenoxy) is 3. The summed E-state index contributed by atoms with van der Waals surface area (Å²) in [6.45, 7) is 1.46. The van der Waals surface area contributed by atoms with Gasteiger partial charge in [-0.15, -0.1) is 13.2 Å². The van der Waals surface area contributed by atoms with Crippen molar-refractivity contribution >= 4 is 5.97 Å². The summed E-state index contributed by atoms with van der Waals surface area (Å²) in [5.41, 5.74) is -1.75. The molecule has 0 aliphatic carbocycles. The Morgan fingerprint density at radius 3 is 2.45 bits per heavy atom. The third-order valence-electron chi connectivity index (χ3n) is 2.38. The van der Waals surface area contributed by atoms with Crippen LogP contribution in [-0.2, 0) is 16.0 Å². The number of hydrogen-bond donors (Lipinski definition) is 0. The number of aromatic nitrogens is 1. The molecular formula is C12H12F5NO4. The van der Waals surface area contributed by atoms with E-state index in [1.165, 1.54) is 6.92 Å². The van der Waals surface area contributed by atoms with Gasteiger partial charge in [-0.1, -0.05) is 0 Å². The van der Waals surface area contributed by atoms with Crippen LogP contribution < -0.4 is 9.47 Å². The quantitative estimate of drug-likeness (QED) is 0.593. The SMILES string of the molecule is CCOC(=O)Cc1ncc(OC)c(C(F)F)c1OC(F)(F)F. The fraction of sp³-hybridized carbons (Fsp3) is 0.500. The highest BCUT2D eigenvalue weighted by Gasteiger charge is 2.37. The number of alkyl halides is 5. The molecule has 0 aliphatic rings. The van der Waals surface area contributed by atoms with E-state index in [2.05, 4.69) is 19.2 Å². The van der Waals surface area contributed by atoms with Crippen molar-refractivity contribution in [1.82, 2.24) is 4.98 Å². The van der Waals surface area contributed by atoms with Gasteiger partial charge in [-0.3, -0.25) is 9.78 Å². The number of halogens is 5. The maximum Gasteiger partial charge on any atom is 0.573 e. The fourth-order valence-corrected chi connectivity index (χ4v) is 1.61. The second kappa shape index (κ2) is 7.23. The van der Waals surface area contributed by atoms with Crippen LogP contribution in [0.4, 0.5) is 22.0 Å². The summed E-state index contributed by atoms with van der Waals surface area (Å²) in [5, 5.41) is 0. The summed E-state index contributed by atoms with van der Waals surface area (Å²) in [6.07, 6.45) is -8.51. The molecule has 5 nitrogen and oxygen atoms in total. The van der Waals surface area contributed by atoms with E-state index >= 15 is 0 Å². The molecule has 1 heterocycles. The Labute approximate surface area is 122 Å². The van der Waals surface area contributed by atoms with Crippen molar-refractivity contribution in [3.8, 4) is 11.5 Å².